The highest BCUT2D eigenvalue weighted by molar-refractivity contribution is 7.92. The second kappa shape index (κ2) is 11.8. The lowest BCUT2D eigenvalue weighted by molar-refractivity contribution is 0.0747. The number of hydrogen-bond donors (Lipinski definition) is 4. The number of phenolic OH excluding ortho intramolecular Hbond substituents is 1. The molecule has 0 spiro atoms. The predicted octanol–water partition coefficient (Wildman–Crippen LogP) is 2.53. The molecule has 0 saturated heterocycles. The van der Waals surface area contributed by atoms with Crippen molar-refractivity contribution in [2.45, 2.75) is 31.5 Å². The molecule has 1 aliphatic rings. The molecule has 38 heavy (non-hydrogen) atoms. The van der Waals surface area contributed by atoms with Crippen molar-refractivity contribution in [1.82, 2.24) is 10.2 Å². The Bertz CT molecular complexity index is 1370. The van der Waals surface area contributed by atoms with Gasteiger partial charge in [-0.3, -0.25) is 14.4 Å². The van der Waals surface area contributed by atoms with Crippen LogP contribution in [0.5, 0.6) is 11.5 Å². The van der Waals surface area contributed by atoms with Gasteiger partial charge >= 0.3 is 0 Å². The smallest absolute Gasteiger partial charge is 0.251 e. The van der Waals surface area contributed by atoms with Crippen LogP contribution in [0.4, 0.5) is 5.69 Å². The summed E-state index contributed by atoms with van der Waals surface area (Å²) in [5.41, 5.74) is 4.02. The van der Waals surface area contributed by atoms with Gasteiger partial charge in [0.25, 0.3) is 5.91 Å². The van der Waals surface area contributed by atoms with Crippen molar-refractivity contribution in [1.29, 1.82) is 0 Å². The van der Waals surface area contributed by atoms with Gasteiger partial charge in [0.2, 0.25) is 10.0 Å². The number of nitrogens with zero attached hydrogens (tertiary/aromatic N) is 1. The van der Waals surface area contributed by atoms with Gasteiger partial charge in [-0.2, -0.15) is 0 Å². The van der Waals surface area contributed by atoms with Crippen molar-refractivity contribution in [3.8, 4) is 11.5 Å². The lowest BCUT2D eigenvalue weighted by Crippen LogP contribution is -2.44. The molecule has 1 aliphatic carbocycles. The minimum atomic E-state index is -3.47. The minimum absolute atomic E-state index is 0.0193. The zero-order chi connectivity index (χ0) is 27.3. The Morgan fingerprint density at radius 2 is 1.79 bits per heavy atom. The maximum Gasteiger partial charge on any atom is 0.251 e. The van der Waals surface area contributed by atoms with E-state index in [0.717, 1.165) is 24.7 Å². The molecule has 0 aromatic heterocycles. The number of sulfonamides is 1. The van der Waals surface area contributed by atoms with Gasteiger partial charge < -0.3 is 20.3 Å². The van der Waals surface area contributed by atoms with Gasteiger partial charge in [0.05, 0.1) is 19.5 Å². The summed E-state index contributed by atoms with van der Waals surface area (Å²) in [6.07, 6.45) is 1.87. The normalized spacial score (nSPS) is 14.2. The number of aliphatic hydroxyl groups is 1. The van der Waals surface area contributed by atoms with Crippen molar-refractivity contribution in [3.63, 3.8) is 0 Å². The van der Waals surface area contributed by atoms with Crippen molar-refractivity contribution < 1.29 is 28.2 Å². The molecule has 0 fully saturated rings. The summed E-state index contributed by atoms with van der Waals surface area (Å²) in [4.78, 5) is 14.9. The second-order valence-corrected chi connectivity index (χ2v) is 11.3. The molecule has 1 amide bonds. The van der Waals surface area contributed by atoms with Gasteiger partial charge in [-0.25, -0.2) is 8.42 Å². The van der Waals surface area contributed by atoms with Gasteiger partial charge in [0, 0.05) is 48.6 Å². The van der Waals surface area contributed by atoms with Crippen LogP contribution in [0, 0.1) is 0 Å². The molecule has 0 heterocycles. The molecule has 0 radical (unpaired) electrons. The van der Waals surface area contributed by atoms with Crippen LogP contribution in [0.3, 0.4) is 0 Å². The number of amides is 1. The van der Waals surface area contributed by atoms with Crippen molar-refractivity contribution in [3.05, 3.63) is 89.0 Å². The zero-order valence-electron chi connectivity index (χ0n) is 21.4. The number of carbonyl (C=O) groups excluding carboxylic acids is 1. The topological polar surface area (TPSA) is 128 Å². The van der Waals surface area contributed by atoms with Gasteiger partial charge in [0.1, 0.15) is 11.5 Å². The molecule has 3 aromatic rings. The van der Waals surface area contributed by atoms with Crippen molar-refractivity contribution in [2.24, 2.45) is 0 Å². The Balaban J connectivity index is 1.44. The molecule has 202 valence electrons. The van der Waals surface area contributed by atoms with E-state index in [1.165, 1.54) is 17.2 Å². The molecule has 10 heteroatoms. The maximum atomic E-state index is 12.7. The SMILES string of the molecule is COc1cc(O)ccc1CN(C[C@H](O)CNC(=O)c1cccc(NS(C)(=O)=O)c1)C1Cc2ccccc2C1. The number of rotatable bonds is 11. The first kappa shape index (κ1) is 27.4. The van der Waals surface area contributed by atoms with E-state index in [1.54, 1.807) is 37.4 Å². The van der Waals surface area contributed by atoms with Crippen LogP contribution in [0.1, 0.15) is 27.0 Å². The maximum absolute atomic E-state index is 12.7. The van der Waals surface area contributed by atoms with Gasteiger partial charge in [-0.15, -0.1) is 0 Å². The minimum Gasteiger partial charge on any atom is -0.508 e. The van der Waals surface area contributed by atoms with Crippen LogP contribution in [0.15, 0.2) is 66.7 Å². The van der Waals surface area contributed by atoms with Gasteiger partial charge in [-0.05, 0) is 48.2 Å². The number of nitrogens with one attached hydrogen (secondary N) is 2. The molecule has 3 aromatic carbocycles. The highest BCUT2D eigenvalue weighted by Crippen LogP contribution is 2.30. The molecule has 0 aliphatic heterocycles. The number of ether oxygens (including phenoxy) is 1. The molecule has 4 rings (SSSR count). The first-order valence-electron chi connectivity index (χ1n) is 12.3. The lowest BCUT2D eigenvalue weighted by Gasteiger charge is -2.31. The number of benzene rings is 3. The summed E-state index contributed by atoms with van der Waals surface area (Å²) < 4.78 is 30.8. The highest BCUT2D eigenvalue weighted by atomic mass is 32.2. The summed E-state index contributed by atoms with van der Waals surface area (Å²) in [7, 11) is -1.92. The third-order valence-electron chi connectivity index (χ3n) is 6.56. The average Bonchev–Trinajstić information content (AvgIpc) is 3.31. The fourth-order valence-electron chi connectivity index (χ4n) is 4.81. The van der Waals surface area contributed by atoms with E-state index < -0.39 is 22.0 Å². The molecule has 0 saturated carbocycles. The Kier molecular flexibility index (Phi) is 8.55. The van der Waals surface area contributed by atoms with Gasteiger partial charge in [0.15, 0.2) is 0 Å². The second-order valence-electron chi connectivity index (χ2n) is 9.58. The fourth-order valence-corrected chi connectivity index (χ4v) is 5.36. The van der Waals surface area contributed by atoms with Crippen LogP contribution in [0.25, 0.3) is 0 Å². The number of phenols is 1. The molecule has 9 nitrogen and oxygen atoms in total. The van der Waals surface area contributed by atoms with E-state index >= 15 is 0 Å². The molecule has 4 N–H and O–H groups in total. The number of fused-ring (bicyclic) bond motifs is 1. The van der Waals surface area contributed by atoms with Crippen LogP contribution in [0.2, 0.25) is 0 Å². The standard InChI is InChI=1S/C28H33N3O6S/c1-37-27-15-25(32)11-10-22(27)17-31(24-13-19-6-3-4-7-20(19)14-24)18-26(33)16-29-28(34)21-8-5-9-23(12-21)30-38(2,35)36/h3-12,15,24,26,30,32-33H,13-14,16-18H2,1-2H3,(H,29,34)/t26-/m1/s1. The average molecular weight is 540 g/mol. The summed E-state index contributed by atoms with van der Waals surface area (Å²) in [5.74, 6) is 0.265. The fraction of sp³-hybridized carbons (Fsp3) is 0.321. The lowest BCUT2D eigenvalue weighted by atomic mass is 10.1. The van der Waals surface area contributed by atoms with Crippen LogP contribution in [-0.2, 0) is 29.4 Å². The molecular formula is C28H33N3O6S. The largest absolute Gasteiger partial charge is 0.508 e. The van der Waals surface area contributed by atoms with Crippen LogP contribution >= 0.6 is 0 Å². The predicted molar refractivity (Wildman–Crippen MR) is 146 cm³/mol. The first-order chi connectivity index (χ1) is 18.1. The summed E-state index contributed by atoms with van der Waals surface area (Å²) in [5, 5.41) is 23.5. The number of carbonyl (C=O) groups is 1. The third-order valence-corrected chi connectivity index (χ3v) is 7.17. The molecular weight excluding hydrogens is 506 g/mol. The van der Waals surface area contributed by atoms with E-state index in [4.69, 9.17) is 4.74 Å². The highest BCUT2D eigenvalue weighted by Gasteiger charge is 2.29. The summed E-state index contributed by atoms with van der Waals surface area (Å²) in [6, 6.07) is 19.6. The first-order valence-corrected chi connectivity index (χ1v) is 14.2. The number of hydrogen-bond acceptors (Lipinski definition) is 7. The van der Waals surface area contributed by atoms with Crippen molar-refractivity contribution in [2.75, 3.05) is 31.2 Å². The van der Waals surface area contributed by atoms with E-state index in [9.17, 15) is 23.4 Å². The number of aromatic hydroxyl groups is 1. The van der Waals surface area contributed by atoms with E-state index in [-0.39, 0.29) is 29.6 Å². The van der Waals surface area contributed by atoms with Crippen molar-refractivity contribution >= 4 is 21.6 Å². The van der Waals surface area contributed by atoms with E-state index in [0.29, 0.717) is 18.8 Å². The molecule has 0 unspecified atom stereocenters. The molecule has 1 atom stereocenters. The Labute approximate surface area is 223 Å². The Hall–Kier alpha value is -3.60. The number of aliphatic hydroxyl groups excluding tert-OH is 1. The number of methoxy groups -OCH3 is 1. The van der Waals surface area contributed by atoms with Crippen LogP contribution in [-0.4, -0.2) is 68.0 Å². The Morgan fingerprint density at radius 1 is 1.08 bits per heavy atom. The third kappa shape index (κ3) is 7.25. The van der Waals surface area contributed by atoms with E-state index in [1.807, 2.05) is 18.2 Å². The summed E-state index contributed by atoms with van der Waals surface area (Å²) >= 11 is 0. The molecule has 0 bridgehead atoms. The van der Waals surface area contributed by atoms with Crippen LogP contribution < -0.4 is 14.8 Å². The number of anilines is 1. The monoisotopic (exact) mass is 539 g/mol. The summed E-state index contributed by atoms with van der Waals surface area (Å²) in [6.45, 7) is 0.816. The van der Waals surface area contributed by atoms with Gasteiger partial charge in [-0.1, -0.05) is 36.4 Å². The Morgan fingerprint density at radius 3 is 2.45 bits per heavy atom. The van der Waals surface area contributed by atoms with E-state index in [2.05, 4.69) is 27.1 Å². The quantitative estimate of drug-likeness (QED) is 0.295. The zero-order valence-corrected chi connectivity index (χ0v) is 22.2.